The van der Waals surface area contributed by atoms with Crippen molar-refractivity contribution in [2.24, 2.45) is 0 Å². The van der Waals surface area contributed by atoms with Gasteiger partial charge < -0.3 is 4.74 Å². The average molecular weight is 530 g/mol. The van der Waals surface area contributed by atoms with Crippen LogP contribution in [0.15, 0.2) is 47.4 Å². The van der Waals surface area contributed by atoms with Gasteiger partial charge in [-0.15, -0.1) is 0 Å². The summed E-state index contributed by atoms with van der Waals surface area (Å²) in [5, 5.41) is 0.632. The molecule has 3 aromatic rings. The third-order valence-corrected chi connectivity index (χ3v) is 9.62. The first-order valence-electron chi connectivity index (χ1n) is 12.8. The Morgan fingerprint density at radius 3 is 2.56 bits per heavy atom. The lowest BCUT2D eigenvalue weighted by Crippen LogP contribution is -2.37. The van der Waals surface area contributed by atoms with Crippen molar-refractivity contribution in [3.63, 3.8) is 0 Å². The maximum atomic E-state index is 13.7. The molecule has 0 saturated carbocycles. The zero-order valence-electron chi connectivity index (χ0n) is 21.3. The molecule has 4 rings (SSSR count). The third-order valence-electron chi connectivity index (χ3n) is 6.59. The van der Waals surface area contributed by atoms with Crippen molar-refractivity contribution < 1.29 is 17.9 Å². The molecular weight excluding hydrogens is 494 g/mol. The Morgan fingerprint density at radius 1 is 1.14 bits per heavy atom. The minimum atomic E-state index is -3.60. The van der Waals surface area contributed by atoms with Crippen molar-refractivity contribution in [1.29, 1.82) is 0 Å². The number of ether oxygens (including phenoxy) is 1. The van der Waals surface area contributed by atoms with Crippen LogP contribution in [0.4, 0.5) is 5.13 Å². The normalized spacial score (nSPS) is 16.2. The van der Waals surface area contributed by atoms with Gasteiger partial charge in [0.2, 0.25) is 10.0 Å². The van der Waals surface area contributed by atoms with Gasteiger partial charge in [0.1, 0.15) is 0 Å². The van der Waals surface area contributed by atoms with Crippen LogP contribution in [0.3, 0.4) is 0 Å². The second-order valence-electron chi connectivity index (χ2n) is 9.08. The molecule has 194 valence electrons. The highest BCUT2D eigenvalue weighted by molar-refractivity contribution is 7.89. The van der Waals surface area contributed by atoms with E-state index in [9.17, 15) is 13.2 Å². The van der Waals surface area contributed by atoms with Crippen LogP contribution in [0.1, 0.15) is 62.4 Å². The lowest BCUT2D eigenvalue weighted by atomic mass is 10.1. The Hall–Kier alpha value is -2.33. The number of fused-ring (bicyclic) bond motifs is 1. The molecule has 9 heteroatoms. The molecular formula is C27H35N3O4S2. The van der Waals surface area contributed by atoms with E-state index in [1.807, 2.05) is 19.9 Å². The largest absolute Gasteiger partial charge is 0.376 e. The Kier molecular flexibility index (Phi) is 8.77. The molecule has 1 aromatic heterocycles. The zero-order chi connectivity index (χ0) is 25.7. The number of hydrogen-bond donors (Lipinski definition) is 0. The van der Waals surface area contributed by atoms with Crippen molar-refractivity contribution >= 4 is 42.6 Å². The molecule has 1 aliphatic rings. The number of thiazole rings is 1. The quantitative estimate of drug-likeness (QED) is 0.328. The summed E-state index contributed by atoms with van der Waals surface area (Å²) in [6, 6.07) is 12.5. The zero-order valence-corrected chi connectivity index (χ0v) is 22.9. The lowest BCUT2D eigenvalue weighted by Gasteiger charge is -2.23. The van der Waals surface area contributed by atoms with Crippen molar-refractivity contribution in [1.82, 2.24) is 9.29 Å². The first kappa shape index (κ1) is 26.7. The molecule has 36 heavy (non-hydrogen) atoms. The Bertz CT molecular complexity index is 1280. The summed E-state index contributed by atoms with van der Waals surface area (Å²) in [6.07, 6.45) is 4.50. The fourth-order valence-electron chi connectivity index (χ4n) is 4.39. The number of rotatable bonds is 11. The second kappa shape index (κ2) is 11.8. The summed E-state index contributed by atoms with van der Waals surface area (Å²) >= 11 is 1.50. The summed E-state index contributed by atoms with van der Waals surface area (Å²) in [5.74, 6) is -0.206. The molecule has 2 aromatic carbocycles. The summed E-state index contributed by atoms with van der Waals surface area (Å²) in [5.41, 5.74) is 2.52. The summed E-state index contributed by atoms with van der Waals surface area (Å²) in [6.45, 7) is 8.01. The fourth-order valence-corrected chi connectivity index (χ4v) is 6.91. The van der Waals surface area contributed by atoms with Crippen molar-refractivity contribution in [3.8, 4) is 0 Å². The fraction of sp³-hybridized carbons (Fsp3) is 0.481. The molecule has 1 unspecified atom stereocenters. The Balaban J connectivity index is 1.62. The van der Waals surface area contributed by atoms with Gasteiger partial charge in [-0.25, -0.2) is 13.4 Å². The van der Waals surface area contributed by atoms with Crippen LogP contribution in [-0.2, 0) is 21.2 Å². The molecule has 0 N–H and O–H groups in total. The predicted molar refractivity (Wildman–Crippen MR) is 145 cm³/mol. The number of hydrogen-bond acceptors (Lipinski definition) is 6. The van der Waals surface area contributed by atoms with E-state index in [1.54, 1.807) is 17.0 Å². The van der Waals surface area contributed by atoms with E-state index in [1.165, 1.54) is 33.3 Å². The van der Waals surface area contributed by atoms with Gasteiger partial charge in [-0.3, -0.25) is 9.69 Å². The van der Waals surface area contributed by atoms with E-state index in [4.69, 9.17) is 9.72 Å². The van der Waals surface area contributed by atoms with E-state index in [2.05, 4.69) is 19.1 Å². The Labute approximate surface area is 218 Å². The topological polar surface area (TPSA) is 79.8 Å². The first-order valence-corrected chi connectivity index (χ1v) is 15.1. The summed E-state index contributed by atoms with van der Waals surface area (Å²) in [7, 11) is -3.60. The Morgan fingerprint density at radius 2 is 1.92 bits per heavy atom. The number of aryl methyl sites for hydroxylation is 1. The minimum absolute atomic E-state index is 0.0384. The van der Waals surface area contributed by atoms with Gasteiger partial charge in [0.15, 0.2) is 5.13 Å². The maximum Gasteiger partial charge on any atom is 0.260 e. The number of anilines is 1. The van der Waals surface area contributed by atoms with Gasteiger partial charge in [-0.2, -0.15) is 4.31 Å². The SMILES string of the molecule is CCCCN(CC)S(=O)(=O)c1ccc(C(=O)N(CC2CCCO2)c2nc3ccc(CC)cc3s2)cc1. The molecule has 1 fully saturated rings. The van der Waals surface area contributed by atoms with Gasteiger partial charge in [-0.1, -0.05) is 44.6 Å². The van der Waals surface area contributed by atoms with Crippen molar-refractivity contribution in [2.75, 3.05) is 31.1 Å². The van der Waals surface area contributed by atoms with Crippen molar-refractivity contribution in [3.05, 3.63) is 53.6 Å². The van der Waals surface area contributed by atoms with E-state index in [0.717, 1.165) is 42.3 Å². The summed E-state index contributed by atoms with van der Waals surface area (Å²) < 4.78 is 34.6. The van der Waals surface area contributed by atoms with E-state index >= 15 is 0 Å². The molecule has 0 aliphatic carbocycles. The van der Waals surface area contributed by atoms with Crippen LogP contribution in [-0.4, -0.2) is 56.0 Å². The van der Waals surface area contributed by atoms with Crippen LogP contribution >= 0.6 is 11.3 Å². The number of amides is 1. The lowest BCUT2D eigenvalue weighted by molar-refractivity contribution is 0.0917. The predicted octanol–water partition coefficient (Wildman–Crippen LogP) is 5.50. The second-order valence-corrected chi connectivity index (χ2v) is 12.0. The number of nitrogens with zero attached hydrogens (tertiary/aromatic N) is 3. The third kappa shape index (κ3) is 5.80. The van der Waals surface area contributed by atoms with Gasteiger partial charge in [0, 0.05) is 25.3 Å². The van der Waals surface area contributed by atoms with Gasteiger partial charge >= 0.3 is 0 Å². The van der Waals surface area contributed by atoms with Crippen LogP contribution < -0.4 is 4.90 Å². The molecule has 7 nitrogen and oxygen atoms in total. The van der Waals surface area contributed by atoms with Crippen LogP contribution in [0.25, 0.3) is 10.2 Å². The highest BCUT2D eigenvalue weighted by atomic mass is 32.2. The minimum Gasteiger partial charge on any atom is -0.376 e. The smallest absolute Gasteiger partial charge is 0.260 e. The molecule has 1 amide bonds. The number of unbranched alkanes of at least 4 members (excludes halogenated alkanes) is 1. The standard InChI is InChI=1S/C27H35N3O4S2/c1-4-7-16-29(6-3)36(32,33)23-13-11-21(12-14-23)26(31)30(19-22-9-8-17-34-22)27-28-24-15-10-20(5-2)18-25(24)35-27/h10-15,18,22H,4-9,16-17,19H2,1-3H3. The van der Waals surface area contributed by atoms with Crippen LogP contribution in [0, 0.1) is 0 Å². The molecule has 2 heterocycles. The number of sulfonamides is 1. The van der Waals surface area contributed by atoms with E-state index in [0.29, 0.717) is 36.9 Å². The van der Waals surface area contributed by atoms with E-state index in [-0.39, 0.29) is 16.9 Å². The number of carbonyl (C=O) groups excluding carboxylic acids is 1. The maximum absolute atomic E-state index is 13.7. The summed E-state index contributed by atoms with van der Waals surface area (Å²) in [4.78, 5) is 20.4. The molecule has 0 spiro atoms. The van der Waals surface area contributed by atoms with Gasteiger partial charge in [0.25, 0.3) is 5.91 Å². The van der Waals surface area contributed by atoms with Gasteiger partial charge in [0.05, 0.1) is 27.8 Å². The number of benzene rings is 2. The number of carbonyl (C=O) groups is 1. The molecule has 0 bridgehead atoms. The highest BCUT2D eigenvalue weighted by Crippen LogP contribution is 2.32. The molecule has 1 aliphatic heterocycles. The number of aromatic nitrogens is 1. The van der Waals surface area contributed by atoms with Crippen molar-refractivity contribution in [2.45, 2.75) is 63.9 Å². The first-order chi connectivity index (χ1) is 17.4. The van der Waals surface area contributed by atoms with Crippen LogP contribution in [0.5, 0.6) is 0 Å². The van der Waals surface area contributed by atoms with Gasteiger partial charge in [-0.05, 0) is 67.6 Å². The molecule has 1 saturated heterocycles. The monoisotopic (exact) mass is 529 g/mol. The highest BCUT2D eigenvalue weighted by Gasteiger charge is 2.28. The van der Waals surface area contributed by atoms with Crippen LogP contribution in [0.2, 0.25) is 0 Å². The molecule has 0 radical (unpaired) electrons. The van der Waals surface area contributed by atoms with E-state index < -0.39 is 10.0 Å². The average Bonchev–Trinajstić information content (AvgIpc) is 3.56. The molecule has 1 atom stereocenters.